The molecule has 0 saturated carbocycles. The Balaban J connectivity index is 2.39. The maximum Gasteiger partial charge on any atom is 0.238 e. The van der Waals surface area contributed by atoms with Gasteiger partial charge in [0.2, 0.25) is 15.9 Å². The third kappa shape index (κ3) is 5.90. The average molecular weight is 321 g/mol. The molecule has 0 radical (unpaired) electrons. The number of methoxy groups -OCH3 is 1. The van der Waals surface area contributed by atoms with Gasteiger partial charge < -0.3 is 15.4 Å². The Morgan fingerprint density at radius 3 is 2.76 bits per heavy atom. The molecule has 1 unspecified atom stereocenters. The molecule has 1 atom stereocenters. The van der Waals surface area contributed by atoms with Crippen molar-refractivity contribution in [2.24, 2.45) is 0 Å². The van der Waals surface area contributed by atoms with Crippen LogP contribution in [-0.4, -0.2) is 70.3 Å². The van der Waals surface area contributed by atoms with E-state index >= 15 is 0 Å². The lowest BCUT2D eigenvalue weighted by Gasteiger charge is -2.23. The van der Waals surface area contributed by atoms with Crippen molar-refractivity contribution in [3.63, 3.8) is 0 Å². The fourth-order valence-electron chi connectivity index (χ4n) is 2.40. The van der Waals surface area contributed by atoms with Crippen LogP contribution in [0.1, 0.15) is 26.2 Å². The maximum absolute atomic E-state index is 12.1. The zero-order valence-electron chi connectivity index (χ0n) is 12.9. The van der Waals surface area contributed by atoms with Crippen LogP contribution in [0.25, 0.3) is 0 Å². The minimum absolute atomic E-state index is 0.107. The Morgan fingerprint density at radius 2 is 2.10 bits per heavy atom. The minimum Gasteiger partial charge on any atom is -0.383 e. The molecular weight excluding hydrogens is 294 g/mol. The van der Waals surface area contributed by atoms with Crippen molar-refractivity contribution in [3.8, 4) is 0 Å². The van der Waals surface area contributed by atoms with Crippen LogP contribution >= 0.6 is 0 Å². The molecule has 1 rings (SSSR count). The molecule has 1 saturated heterocycles. The summed E-state index contributed by atoms with van der Waals surface area (Å²) in [5, 5.41) is 5.92. The standard InChI is InChI=1S/C13H27N3O4S/c1-3-11-21(18,19)16-9-4-5-12(16)13(17)15-7-6-14-8-10-20-2/h12,14H,3-11H2,1-2H3,(H,15,17). The molecule has 0 spiro atoms. The van der Waals surface area contributed by atoms with Gasteiger partial charge in [-0.2, -0.15) is 4.31 Å². The zero-order valence-corrected chi connectivity index (χ0v) is 13.7. The first-order chi connectivity index (χ1) is 10.0. The highest BCUT2D eigenvalue weighted by molar-refractivity contribution is 7.89. The van der Waals surface area contributed by atoms with Crippen LogP contribution in [0, 0.1) is 0 Å². The normalized spacial score (nSPS) is 19.8. The fraction of sp³-hybridized carbons (Fsp3) is 0.923. The van der Waals surface area contributed by atoms with Gasteiger partial charge >= 0.3 is 0 Å². The molecule has 0 aromatic heterocycles. The number of hydrogen-bond donors (Lipinski definition) is 2. The number of rotatable bonds is 10. The number of sulfonamides is 1. The van der Waals surface area contributed by atoms with E-state index in [-0.39, 0.29) is 11.7 Å². The summed E-state index contributed by atoms with van der Waals surface area (Å²) in [5.74, 6) is -0.0873. The average Bonchev–Trinajstić information content (AvgIpc) is 2.92. The predicted octanol–water partition coefficient (Wildman–Crippen LogP) is -0.457. The van der Waals surface area contributed by atoms with Gasteiger partial charge in [0.25, 0.3) is 0 Å². The summed E-state index contributed by atoms with van der Waals surface area (Å²) in [5.41, 5.74) is 0. The molecule has 1 aliphatic heterocycles. The third-order valence-corrected chi connectivity index (χ3v) is 5.49. The molecule has 2 N–H and O–H groups in total. The summed E-state index contributed by atoms with van der Waals surface area (Å²) < 4.78 is 30.5. The van der Waals surface area contributed by atoms with E-state index < -0.39 is 16.1 Å². The Morgan fingerprint density at radius 1 is 1.33 bits per heavy atom. The lowest BCUT2D eigenvalue weighted by Crippen LogP contribution is -2.47. The van der Waals surface area contributed by atoms with Crippen molar-refractivity contribution in [2.75, 3.05) is 45.6 Å². The summed E-state index contributed by atoms with van der Waals surface area (Å²) in [6, 6.07) is -0.541. The second kappa shape index (κ2) is 9.34. The van der Waals surface area contributed by atoms with Crippen molar-refractivity contribution in [3.05, 3.63) is 0 Å². The largest absolute Gasteiger partial charge is 0.383 e. The smallest absolute Gasteiger partial charge is 0.238 e. The summed E-state index contributed by atoms with van der Waals surface area (Å²) >= 11 is 0. The minimum atomic E-state index is -3.31. The monoisotopic (exact) mass is 321 g/mol. The van der Waals surface area contributed by atoms with Gasteiger partial charge in [-0.05, 0) is 19.3 Å². The fourth-order valence-corrected chi connectivity index (χ4v) is 4.15. The topological polar surface area (TPSA) is 87.7 Å². The Labute approximate surface area is 127 Å². The van der Waals surface area contributed by atoms with Crippen LogP contribution in [0.4, 0.5) is 0 Å². The van der Waals surface area contributed by atoms with Crippen molar-refractivity contribution in [2.45, 2.75) is 32.2 Å². The van der Waals surface area contributed by atoms with Gasteiger partial charge in [0.15, 0.2) is 0 Å². The van der Waals surface area contributed by atoms with Gasteiger partial charge in [-0.25, -0.2) is 8.42 Å². The van der Waals surface area contributed by atoms with Crippen molar-refractivity contribution in [1.29, 1.82) is 0 Å². The summed E-state index contributed by atoms with van der Waals surface area (Å²) in [6.45, 7) is 4.76. The molecule has 0 aromatic carbocycles. The second-order valence-corrected chi connectivity index (χ2v) is 7.16. The van der Waals surface area contributed by atoms with Gasteiger partial charge in [0.1, 0.15) is 6.04 Å². The molecule has 7 nitrogen and oxygen atoms in total. The maximum atomic E-state index is 12.1. The number of nitrogens with zero attached hydrogens (tertiary/aromatic N) is 1. The molecule has 8 heteroatoms. The SMILES string of the molecule is CCCS(=O)(=O)N1CCCC1C(=O)NCCNCCOC. The first-order valence-electron chi connectivity index (χ1n) is 7.49. The first kappa shape index (κ1) is 18.3. The number of hydrogen-bond acceptors (Lipinski definition) is 5. The van der Waals surface area contributed by atoms with Crippen LogP contribution in [0.2, 0.25) is 0 Å². The Kier molecular flexibility index (Phi) is 8.16. The predicted molar refractivity (Wildman–Crippen MR) is 81.6 cm³/mol. The van der Waals surface area contributed by atoms with Gasteiger partial charge in [-0.3, -0.25) is 4.79 Å². The molecular formula is C13H27N3O4S. The summed E-state index contributed by atoms with van der Waals surface area (Å²) in [6.07, 6.45) is 1.91. The van der Waals surface area contributed by atoms with Crippen LogP contribution in [-0.2, 0) is 19.6 Å². The molecule has 1 aliphatic rings. The van der Waals surface area contributed by atoms with E-state index in [1.54, 1.807) is 7.11 Å². The molecule has 0 bridgehead atoms. The summed E-state index contributed by atoms with van der Waals surface area (Å²) in [7, 11) is -1.67. The zero-order chi connectivity index (χ0) is 15.7. The van der Waals surface area contributed by atoms with Crippen LogP contribution in [0.15, 0.2) is 0 Å². The van der Waals surface area contributed by atoms with E-state index in [2.05, 4.69) is 10.6 Å². The van der Waals surface area contributed by atoms with Gasteiger partial charge in [-0.15, -0.1) is 0 Å². The van der Waals surface area contributed by atoms with Crippen LogP contribution in [0.5, 0.6) is 0 Å². The van der Waals surface area contributed by atoms with Crippen molar-refractivity contribution < 1.29 is 17.9 Å². The Hall–Kier alpha value is -0.700. The summed E-state index contributed by atoms with van der Waals surface area (Å²) in [4.78, 5) is 12.1. The third-order valence-electron chi connectivity index (χ3n) is 3.41. The second-order valence-electron chi connectivity index (χ2n) is 5.12. The number of carbonyl (C=O) groups is 1. The highest BCUT2D eigenvalue weighted by Crippen LogP contribution is 2.21. The lowest BCUT2D eigenvalue weighted by atomic mass is 10.2. The molecule has 0 aliphatic carbocycles. The van der Waals surface area contributed by atoms with Gasteiger partial charge in [0.05, 0.1) is 12.4 Å². The highest BCUT2D eigenvalue weighted by Gasteiger charge is 2.37. The number of ether oxygens (including phenoxy) is 1. The Bertz CT molecular complexity index is 414. The lowest BCUT2D eigenvalue weighted by molar-refractivity contribution is -0.124. The molecule has 0 aromatic rings. The molecule has 21 heavy (non-hydrogen) atoms. The van der Waals surface area contributed by atoms with Gasteiger partial charge in [-0.1, -0.05) is 6.92 Å². The molecule has 1 amide bonds. The number of nitrogens with one attached hydrogen (secondary N) is 2. The van der Waals surface area contributed by atoms with Crippen LogP contribution in [0.3, 0.4) is 0 Å². The quantitative estimate of drug-likeness (QED) is 0.532. The van der Waals surface area contributed by atoms with E-state index in [0.29, 0.717) is 39.1 Å². The van der Waals surface area contributed by atoms with Crippen LogP contribution < -0.4 is 10.6 Å². The number of amides is 1. The number of carbonyl (C=O) groups excluding carboxylic acids is 1. The van der Waals surface area contributed by atoms with Crippen molar-refractivity contribution >= 4 is 15.9 Å². The highest BCUT2D eigenvalue weighted by atomic mass is 32.2. The molecule has 124 valence electrons. The van der Waals surface area contributed by atoms with E-state index in [9.17, 15) is 13.2 Å². The van der Waals surface area contributed by atoms with E-state index in [4.69, 9.17) is 4.74 Å². The van der Waals surface area contributed by atoms with E-state index in [1.807, 2.05) is 6.92 Å². The first-order valence-corrected chi connectivity index (χ1v) is 9.10. The van der Waals surface area contributed by atoms with Gasteiger partial charge in [0, 0.05) is 33.3 Å². The molecule has 1 heterocycles. The molecule has 1 fully saturated rings. The van der Waals surface area contributed by atoms with Crippen molar-refractivity contribution in [1.82, 2.24) is 14.9 Å². The van der Waals surface area contributed by atoms with E-state index in [1.165, 1.54) is 4.31 Å². The van der Waals surface area contributed by atoms with E-state index in [0.717, 1.165) is 13.0 Å².